The second kappa shape index (κ2) is 5.50. The Kier molecular flexibility index (Phi) is 3.58. The predicted molar refractivity (Wildman–Crippen MR) is 68.3 cm³/mol. The molecular formula is C16H7FN2. The van der Waals surface area contributed by atoms with Gasteiger partial charge in [0, 0.05) is 11.1 Å². The number of nitrogens with zero attached hydrogens (tertiary/aromatic N) is 2. The average Bonchev–Trinajstić information content (AvgIpc) is 2.45. The maximum Gasteiger partial charge on any atom is 0.125 e. The van der Waals surface area contributed by atoms with Crippen LogP contribution in [0, 0.1) is 40.3 Å². The molecule has 0 bridgehead atoms. The monoisotopic (exact) mass is 246 g/mol. The maximum atomic E-state index is 13.2. The van der Waals surface area contributed by atoms with Gasteiger partial charge in [-0.3, -0.25) is 0 Å². The number of hydrogen-bond acceptors (Lipinski definition) is 2. The van der Waals surface area contributed by atoms with Crippen LogP contribution in [-0.4, -0.2) is 0 Å². The Morgan fingerprint density at radius 1 is 0.684 bits per heavy atom. The first-order valence-corrected chi connectivity index (χ1v) is 5.44. The summed E-state index contributed by atoms with van der Waals surface area (Å²) in [4.78, 5) is 0. The van der Waals surface area contributed by atoms with Gasteiger partial charge in [0.2, 0.25) is 0 Å². The highest BCUT2D eigenvalue weighted by Gasteiger charge is 1.97. The predicted octanol–water partition coefficient (Wildman–Crippen LogP) is 2.97. The molecule has 88 valence electrons. The summed E-state index contributed by atoms with van der Waals surface area (Å²) in [6.07, 6.45) is 0. The zero-order chi connectivity index (χ0) is 13.7. The third-order valence-electron chi connectivity index (χ3n) is 2.39. The molecule has 0 radical (unpaired) electrons. The van der Waals surface area contributed by atoms with E-state index in [1.165, 1.54) is 12.1 Å². The van der Waals surface area contributed by atoms with E-state index in [9.17, 15) is 4.39 Å². The summed E-state index contributed by atoms with van der Waals surface area (Å²) in [6, 6.07) is 14.6. The Balaban J connectivity index is 2.31. The second-order valence-electron chi connectivity index (χ2n) is 3.78. The highest BCUT2D eigenvalue weighted by Crippen LogP contribution is 2.08. The molecule has 0 fully saturated rings. The highest BCUT2D eigenvalue weighted by atomic mass is 19.1. The minimum Gasteiger partial charge on any atom is -0.207 e. The van der Waals surface area contributed by atoms with Crippen molar-refractivity contribution >= 4 is 0 Å². The molecule has 19 heavy (non-hydrogen) atoms. The van der Waals surface area contributed by atoms with Gasteiger partial charge in [-0.05, 0) is 42.5 Å². The van der Waals surface area contributed by atoms with Crippen LogP contribution in [0.4, 0.5) is 4.39 Å². The van der Waals surface area contributed by atoms with Crippen LogP contribution in [0.25, 0.3) is 0 Å². The lowest BCUT2D eigenvalue weighted by molar-refractivity contribution is 0.627. The molecule has 0 aliphatic carbocycles. The van der Waals surface area contributed by atoms with Crippen LogP contribution < -0.4 is 0 Å². The van der Waals surface area contributed by atoms with Crippen molar-refractivity contribution in [2.75, 3.05) is 0 Å². The number of nitriles is 2. The molecule has 3 heteroatoms. The summed E-state index contributed by atoms with van der Waals surface area (Å²) in [6.45, 7) is 0. The molecule has 0 aliphatic heterocycles. The van der Waals surface area contributed by atoms with Crippen LogP contribution in [-0.2, 0) is 0 Å². The van der Waals surface area contributed by atoms with E-state index in [-0.39, 0.29) is 5.56 Å². The van der Waals surface area contributed by atoms with Crippen LogP contribution in [0.2, 0.25) is 0 Å². The van der Waals surface area contributed by atoms with Crippen LogP contribution in [0.5, 0.6) is 0 Å². The minimum atomic E-state index is -0.483. The molecule has 0 heterocycles. The van der Waals surface area contributed by atoms with Gasteiger partial charge in [0.15, 0.2) is 0 Å². The average molecular weight is 246 g/mol. The van der Waals surface area contributed by atoms with Gasteiger partial charge in [-0.15, -0.1) is 0 Å². The van der Waals surface area contributed by atoms with Crippen LogP contribution in [0.1, 0.15) is 22.3 Å². The quantitative estimate of drug-likeness (QED) is 0.671. The Bertz CT molecular complexity index is 751. The van der Waals surface area contributed by atoms with Gasteiger partial charge >= 0.3 is 0 Å². The summed E-state index contributed by atoms with van der Waals surface area (Å²) < 4.78 is 13.2. The zero-order valence-corrected chi connectivity index (χ0v) is 9.81. The third-order valence-corrected chi connectivity index (χ3v) is 2.39. The first-order valence-electron chi connectivity index (χ1n) is 5.44. The molecule has 0 amide bonds. The number of benzene rings is 2. The molecule has 0 aromatic heterocycles. The lowest BCUT2D eigenvalue weighted by atomic mass is 10.1. The molecule has 2 aromatic carbocycles. The summed E-state index contributed by atoms with van der Waals surface area (Å²) >= 11 is 0. The molecule has 2 nitrogen and oxygen atoms in total. The molecule has 2 aromatic rings. The highest BCUT2D eigenvalue weighted by molar-refractivity contribution is 5.47. The van der Waals surface area contributed by atoms with Crippen molar-refractivity contribution in [2.24, 2.45) is 0 Å². The molecule has 0 spiro atoms. The van der Waals surface area contributed by atoms with E-state index in [1.54, 1.807) is 24.3 Å². The summed E-state index contributed by atoms with van der Waals surface area (Å²) in [5.74, 6) is 5.16. The van der Waals surface area contributed by atoms with Gasteiger partial charge in [0.25, 0.3) is 0 Å². The van der Waals surface area contributed by atoms with Gasteiger partial charge in [-0.2, -0.15) is 10.5 Å². The summed E-state index contributed by atoms with van der Waals surface area (Å²) in [5, 5.41) is 17.4. The van der Waals surface area contributed by atoms with E-state index >= 15 is 0 Å². The van der Waals surface area contributed by atoms with Gasteiger partial charge < -0.3 is 0 Å². The van der Waals surface area contributed by atoms with Gasteiger partial charge in [-0.1, -0.05) is 11.8 Å². The topological polar surface area (TPSA) is 47.6 Å². The third kappa shape index (κ3) is 3.19. The number of rotatable bonds is 0. The largest absolute Gasteiger partial charge is 0.207 e. The van der Waals surface area contributed by atoms with Crippen molar-refractivity contribution in [1.29, 1.82) is 10.5 Å². The lowest BCUT2D eigenvalue weighted by Gasteiger charge is -1.94. The molecule has 0 atom stereocenters. The van der Waals surface area contributed by atoms with E-state index in [4.69, 9.17) is 10.5 Å². The zero-order valence-electron chi connectivity index (χ0n) is 9.81. The Labute approximate surface area is 110 Å². The Morgan fingerprint density at radius 3 is 1.84 bits per heavy atom. The standard InChI is InChI=1S/C16H7FN2/c17-16-8-14(7-15(9-16)11-19)6-3-12-1-4-13(10-18)5-2-12/h1-2,4-5,7-9H. The summed E-state index contributed by atoms with van der Waals surface area (Å²) in [5.41, 5.74) is 1.97. The lowest BCUT2D eigenvalue weighted by Crippen LogP contribution is -1.83. The number of halogens is 1. The van der Waals surface area contributed by atoms with E-state index in [2.05, 4.69) is 11.8 Å². The Morgan fingerprint density at radius 2 is 1.21 bits per heavy atom. The molecule has 0 unspecified atom stereocenters. The SMILES string of the molecule is N#Cc1ccc(C#Cc2cc(F)cc(C#N)c2)cc1. The van der Waals surface area contributed by atoms with E-state index < -0.39 is 5.82 Å². The first kappa shape index (κ1) is 12.4. The Hall–Kier alpha value is -3.09. The fourth-order valence-corrected chi connectivity index (χ4v) is 1.50. The van der Waals surface area contributed by atoms with Crippen molar-refractivity contribution in [3.63, 3.8) is 0 Å². The van der Waals surface area contributed by atoms with Crippen molar-refractivity contribution in [3.05, 3.63) is 70.5 Å². The van der Waals surface area contributed by atoms with E-state index in [0.29, 0.717) is 11.1 Å². The first-order chi connectivity index (χ1) is 9.21. The maximum absolute atomic E-state index is 13.2. The van der Waals surface area contributed by atoms with E-state index in [0.717, 1.165) is 11.6 Å². The van der Waals surface area contributed by atoms with Crippen molar-refractivity contribution in [1.82, 2.24) is 0 Å². The summed E-state index contributed by atoms with van der Waals surface area (Å²) in [7, 11) is 0. The van der Waals surface area contributed by atoms with Crippen LogP contribution in [0.15, 0.2) is 42.5 Å². The van der Waals surface area contributed by atoms with Gasteiger partial charge in [-0.25, -0.2) is 4.39 Å². The van der Waals surface area contributed by atoms with Gasteiger partial charge in [0.05, 0.1) is 23.3 Å². The molecule has 0 aliphatic rings. The molecule has 0 N–H and O–H groups in total. The normalized spacial score (nSPS) is 8.79. The van der Waals surface area contributed by atoms with Crippen molar-refractivity contribution in [3.8, 4) is 24.0 Å². The fraction of sp³-hybridized carbons (Fsp3) is 0. The molecule has 0 saturated carbocycles. The molecular weight excluding hydrogens is 239 g/mol. The van der Waals surface area contributed by atoms with Gasteiger partial charge in [0.1, 0.15) is 5.82 Å². The van der Waals surface area contributed by atoms with Crippen molar-refractivity contribution < 1.29 is 4.39 Å². The molecule has 2 rings (SSSR count). The smallest absolute Gasteiger partial charge is 0.125 e. The van der Waals surface area contributed by atoms with Crippen molar-refractivity contribution in [2.45, 2.75) is 0 Å². The van der Waals surface area contributed by atoms with Crippen LogP contribution in [0.3, 0.4) is 0 Å². The molecule has 0 saturated heterocycles. The van der Waals surface area contributed by atoms with Crippen LogP contribution >= 0.6 is 0 Å². The fourth-order valence-electron chi connectivity index (χ4n) is 1.50. The second-order valence-corrected chi connectivity index (χ2v) is 3.78. The number of hydrogen-bond donors (Lipinski definition) is 0. The van der Waals surface area contributed by atoms with E-state index in [1.807, 2.05) is 12.1 Å². The minimum absolute atomic E-state index is 0.240.